The van der Waals surface area contributed by atoms with Crippen LogP contribution in [0.15, 0.2) is 18.2 Å². The van der Waals surface area contributed by atoms with Crippen molar-refractivity contribution in [3.63, 3.8) is 0 Å². The van der Waals surface area contributed by atoms with Gasteiger partial charge in [0.2, 0.25) is 0 Å². The van der Waals surface area contributed by atoms with Gasteiger partial charge < -0.3 is 15.7 Å². The Morgan fingerprint density at radius 1 is 1.38 bits per heavy atom. The molecule has 1 heterocycles. The number of primary amides is 1. The van der Waals surface area contributed by atoms with E-state index in [1.54, 1.807) is 12.1 Å². The van der Waals surface area contributed by atoms with Gasteiger partial charge >= 0.3 is 12.0 Å². The maximum absolute atomic E-state index is 11.0. The van der Waals surface area contributed by atoms with Gasteiger partial charge in [0.15, 0.2) is 0 Å². The Labute approximate surface area is 92.5 Å². The normalized spacial score (nSPS) is 14.4. The monoisotopic (exact) mass is 220 g/mol. The molecule has 0 radical (unpaired) electrons. The minimum absolute atomic E-state index is 0.321. The summed E-state index contributed by atoms with van der Waals surface area (Å²) in [6.45, 7) is 0.873. The molecule has 0 unspecified atom stereocenters. The summed E-state index contributed by atoms with van der Waals surface area (Å²) in [5, 5.41) is 9.01. The van der Waals surface area contributed by atoms with Crippen LogP contribution in [0, 0.1) is 0 Å². The van der Waals surface area contributed by atoms with Crippen LogP contribution in [0.4, 0.5) is 4.79 Å². The lowest BCUT2D eigenvalue weighted by atomic mass is 9.95. The lowest BCUT2D eigenvalue weighted by molar-refractivity contribution is 0.0695. The molecule has 0 spiro atoms. The van der Waals surface area contributed by atoms with E-state index < -0.39 is 12.0 Å². The molecule has 5 nitrogen and oxygen atoms in total. The summed E-state index contributed by atoms with van der Waals surface area (Å²) in [6, 6.07) is 4.64. The average Bonchev–Trinajstić information content (AvgIpc) is 2.27. The van der Waals surface area contributed by atoms with E-state index in [-0.39, 0.29) is 0 Å². The number of hydrogen-bond acceptors (Lipinski definition) is 2. The quantitative estimate of drug-likeness (QED) is 0.735. The number of nitrogens with zero attached hydrogens (tertiary/aromatic N) is 1. The maximum Gasteiger partial charge on any atom is 0.335 e. The third kappa shape index (κ3) is 1.71. The standard InChI is InChI=1S/C11H12N2O3/c12-11(16)13-5-4-8-7(6-13)2-1-3-9(8)10(14)15/h1-3H,4-6H2,(H2,12,16)(H,14,15). The van der Waals surface area contributed by atoms with E-state index in [1.807, 2.05) is 6.07 Å². The predicted molar refractivity (Wildman–Crippen MR) is 57.1 cm³/mol. The lowest BCUT2D eigenvalue weighted by Gasteiger charge is -2.28. The van der Waals surface area contributed by atoms with E-state index in [0.29, 0.717) is 25.1 Å². The highest BCUT2D eigenvalue weighted by Gasteiger charge is 2.22. The Kier molecular flexibility index (Phi) is 2.52. The average molecular weight is 220 g/mol. The molecule has 16 heavy (non-hydrogen) atoms. The molecule has 84 valence electrons. The molecule has 5 heteroatoms. The van der Waals surface area contributed by atoms with Gasteiger partial charge in [-0.1, -0.05) is 12.1 Å². The molecular formula is C11H12N2O3. The number of benzene rings is 1. The molecule has 0 fully saturated rings. The third-order valence-electron chi connectivity index (χ3n) is 2.81. The number of aromatic carboxylic acids is 1. The summed E-state index contributed by atoms with van der Waals surface area (Å²) in [7, 11) is 0. The Balaban J connectivity index is 2.38. The summed E-state index contributed by atoms with van der Waals surface area (Å²) in [6.07, 6.45) is 0.542. The molecule has 0 aliphatic carbocycles. The van der Waals surface area contributed by atoms with Gasteiger partial charge in [0.05, 0.1) is 5.56 Å². The fourth-order valence-corrected chi connectivity index (χ4v) is 2.00. The first-order valence-electron chi connectivity index (χ1n) is 4.98. The van der Waals surface area contributed by atoms with E-state index in [1.165, 1.54) is 4.90 Å². The van der Waals surface area contributed by atoms with Gasteiger partial charge in [-0.3, -0.25) is 0 Å². The van der Waals surface area contributed by atoms with E-state index in [0.717, 1.165) is 11.1 Å². The van der Waals surface area contributed by atoms with Gasteiger partial charge in [-0.25, -0.2) is 9.59 Å². The maximum atomic E-state index is 11.0. The summed E-state index contributed by atoms with van der Waals surface area (Å²) in [5.74, 6) is -0.927. The van der Waals surface area contributed by atoms with Crippen molar-refractivity contribution < 1.29 is 14.7 Å². The minimum atomic E-state index is -0.927. The van der Waals surface area contributed by atoms with Crippen molar-refractivity contribution in [1.82, 2.24) is 4.90 Å². The Hall–Kier alpha value is -2.04. The second-order valence-corrected chi connectivity index (χ2v) is 3.76. The first kappa shape index (κ1) is 10.5. The van der Waals surface area contributed by atoms with Crippen LogP contribution in [0.25, 0.3) is 0 Å². The highest BCUT2D eigenvalue weighted by Crippen LogP contribution is 2.22. The predicted octanol–water partition coefficient (Wildman–Crippen LogP) is 0.822. The van der Waals surface area contributed by atoms with Crippen LogP contribution >= 0.6 is 0 Å². The molecule has 0 atom stereocenters. The Bertz CT molecular complexity index is 457. The first-order valence-corrected chi connectivity index (χ1v) is 4.98. The zero-order valence-electron chi connectivity index (χ0n) is 8.64. The number of rotatable bonds is 1. The number of carboxylic acids is 1. The van der Waals surface area contributed by atoms with Crippen molar-refractivity contribution in [3.05, 3.63) is 34.9 Å². The summed E-state index contributed by atoms with van der Waals surface area (Å²) in [4.78, 5) is 23.5. The van der Waals surface area contributed by atoms with Crippen LogP contribution in [0.2, 0.25) is 0 Å². The second-order valence-electron chi connectivity index (χ2n) is 3.76. The second kappa shape index (κ2) is 3.84. The molecular weight excluding hydrogens is 208 g/mol. The zero-order chi connectivity index (χ0) is 11.7. The zero-order valence-corrected chi connectivity index (χ0v) is 8.64. The number of hydrogen-bond donors (Lipinski definition) is 2. The van der Waals surface area contributed by atoms with Crippen molar-refractivity contribution >= 4 is 12.0 Å². The van der Waals surface area contributed by atoms with Crippen molar-refractivity contribution in [2.75, 3.05) is 6.54 Å². The topological polar surface area (TPSA) is 83.6 Å². The Morgan fingerprint density at radius 3 is 2.75 bits per heavy atom. The van der Waals surface area contributed by atoms with Gasteiger partial charge in [-0.2, -0.15) is 0 Å². The van der Waals surface area contributed by atoms with Crippen LogP contribution in [-0.4, -0.2) is 28.6 Å². The minimum Gasteiger partial charge on any atom is -0.478 e. The van der Waals surface area contributed by atoms with Gasteiger partial charge in [0.25, 0.3) is 0 Å². The number of nitrogens with two attached hydrogens (primary N) is 1. The van der Waals surface area contributed by atoms with Crippen LogP contribution in [0.3, 0.4) is 0 Å². The van der Waals surface area contributed by atoms with E-state index in [9.17, 15) is 9.59 Å². The van der Waals surface area contributed by atoms with Gasteiger partial charge in [0.1, 0.15) is 0 Å². The summed E-state index contributed by atoms with van der Waals surface area (Å²) < 4.78 is 0. The van der Waals surface area contributed by atoms with Crippen molar-refractivity contribution in [2.24, 2.45) is 5.73 Å². The molecule has 3 N–H and O–H groups in total. The van der Waals surface area contributed by atoms with Gasteiger partial charge in [-0.05, 0) is 23.6 Å². The molecule has 1 aromatic rings. The molecule has 1 aliphatic rings. The number of amides is 2. The van der Waals surface area contributed by atoms with Crippen molar-refractivity contribution in [3.8, 4) is 0 Å². The fourth-order valence-electron chi connectivity index (χ4n) is 2.00. The van der Waals surface area contributed by atoms with E-state index in [4.69, 9.17) is 10.8 Å². The molecule has 0 saturated carbocycles. The van der Waals surface area contributed by atoms with Crippen LogP contribution in [0.5, 0.6) is 0 Å². The Morgan fingerprint density at radius 2 is 2.12 bits per heavy atom. The highest BCUT2D eigenvalue weighted by atomic mass is 16.4. The third-order valence-corrected chi connectivity index (χ3v) is 2.81. The lowest BCUT2D eigenvalue weighted by Crippen LogP contribution is -2.39. The van der Waals surface area contributed by atoms with Crippen LogP contribution in [-0.2, 0) is 13.0 Å². The number of carbonyl (C=O) groups excluding carboxylic acids is 1. The van der Waals surface area contributed by atoms with E-state index in [2.05, 4.69) is 0 Å². The number of carboxylic acid groups (broad SMARTS) is 1. The molecule has 0 bridgehead atoms. The number of carbonyl (C=O) groups is 2. The molecule has 2 amide bonds. The number of fused-ring (bicyclic) bond motifs is 1. The summed E-state index contributed by atoms with van der Waals surface area (Å²) >= 11 is 0. The molecule has 1 aliphatic heterocycles. The van der Waals surface area contributed by atoms with Crippen LogP contribution < -0.4 is 5.73 Å². The largest absolute Gasteiger partial charge is 0.478 e. The fraction of sp³-hybridized carbons (Fsp3) is 0.273. The SMILES string of the molecule is NC(=O)N1CCc2c(cccc2C(=O)O)C1. The first-order chi connectivity index (χ1) is 7.59. The molecule has 0 saturated heterocycles. The molecule has 2 rings (SSSR count). The highest BCUT2D eigenvalue weighted by molar-refractivity contribution is 5.90. The van der Waals surface area contributed by atoms with Gasteiger partial charge in [0, 0.05) is 13.1 Å². The van der Waals surface area contributed by atoms with Crippen molar-refractivity contribution in [1.29, 1.82) is 0 Å². The number of urea groups is 1. The molecule has 1 aromatic carbocycles. The van der Waals surface area contributed by atoms with Crippen LogP contribution in [0.1, 0.15) is 21.5 Å². The summed E-state index contributed by atoms with van der Waals surface area (Å²) in [5.41, 5.74) is 7.19. The van der Waals surface area contributed by atoms with Gasteiger partial charge in [-0.15, -0.1) is 0 Å². The van der Waals surface area contributed by atoms with E-state index >= 15 is 0 Å². The smallest absolute Gasteiger partial charge is 0.335 e. The molecule has 0 aromatic heterocycles. The van der Waals surface area contributed by atoms with Crippen molar-refractivity contribution in [2.45, 2.75) is 13.0 Å².